The van der Waals surface area contributed by atoms with Crippen molar-refractivity contribution < 1.29 is 19.4 Å². The summed E-state index contributed by atoms with van der Waals surface area (Å²) in [6, 6.07) is 4.66. The van der Waals surface area contributed by atoms with Crippen molar-refractivity contribution in [1.82, 2.24) is 0 Å². The van der Waals surface area contributed by atoms with E-state index >= 15 is 0 Å². The van der Waals surface area contributed by atoms with Crippen molar-refractivity contribution in [3.8, 4) is 5.75 Å². The summed E-state index contributed by atoms with van der Waals surface area (Å²) < 4.78 is 5.38. The monoisotopic (exact) mass is 277 g/mol. The van der Waals surface area contributed by atoms with Gasteiger partial charge in [-0.1, -0.05) is 26.8 Å². The van der Waals surface area contributed by atoms with Crippen LogP contribution in [-0.4, -0.2) is 29.6 Å². The molecule has 20 heavy (non-hydrogen) atoms. The molecular formula is C15H19NO4. The standard InChI is InChI=1S/C15H19NO4/c1-9(14(18)19)16-11-7-10(15(2,3)4)5-6-12(11)20-8-13(16)17/h5-7,9H,8H2,1-4H3,(H,18,19). The van der Waals surface area contributed by atoms with Crippen molar-refractivity contribution >= 4 is 17.6 Å². The molecule has 1 amide bonds. The van der Waals surface area contributed by atoms with Gasteiger partial charge in [0.1, 0.15) is 11.8 Å². The van der Waals surface area contributed by atoms with Gasteiger partial charge in [0.25, 0.3) is 5.91 Å². The van der Waals surface area contributed by atoms with E-state index in [1.807, 2.05) is 12.1 Å². The molecule has 0 spiro atoms. The molecule has 108 valence electrons. The van der Waals surface area contributed by atoms with Crippen molar-refractivity contribution in [2.45, 2.75) is 39.2 Å². The molecule has 0 saturated heterocycles. The van der Waals surface area contributed by atoms with Crippen LogP contribution in [0.2, 0.25) is 0 Å². The van der Waals surface area contributed by atoms with Crippen LogP contribution < -0.4 is 9.64 Å². The van der Waals surface area contributed by atoms with E-state index in [1.165, 1.54) is 11.8 Å². The fourth-order valence-corrected chi connectivity index (χ4v) is 2.17. The van der Waals surface area contributed by atoms with Crippen molar-refractivity contribution in [2.24, 2.45) is 0 Å². The van der Waals surface area contributed by atoms with Crippen LogP contribution in [0.4, 0.5) is 5.69 Å². The predicted octanol–water partition coefficient (Wildman–Crippen LogP) is 2.18. The highest BCUT2D eigenvalue weighted by Crippen LogP contribution is 2.37. The third-order valence-corrected chi connectivity index (χ3v) is 3.45. The van der Waals surface area contributed by atoms with Crippen LogP contribution >= 0.6 is 0 Å². The maximum Gasteiger partial charge on any atom is 0.326 e. The molecule has 1 aromatic carbocycles. The van der Waals surface area contributed by atoms with Crippen LogP contribution in [-0.2, 0) is 15.0 Å². The fraction of sp³-hybridized carbons (Fsp3) is 0.467. The van der Waals surface area contributed by atoms with Gasteiger partial charge in [0, 0.05) is 0 Å². The Hall–Kier alpha value is -2.04. The average molecular weight is 277 g/mol. The first-order chi connectivity index (χ1) is 9.21. The lowest BCUT2D eigenvalue weighted by atomic mass is 9.86. The Bertz CT molecular complexity index is 559. The summed E-state index contributed by atoms with van der Waals surface area (Å²) in [6.07, 6.45) is 0. The molecule has 0 aliphatic carbocycles. The zero-order chi connectivity index (χ0) is 15.1. The normalized spacial score (nSPS) is 16.4. The lowest BCUT2D eigenvalue weighted by Gasteiger charge is -2.33. The molecule has 2 rings (SSSR count). The van der Waals surface area contributed by atoms with Crippen LogP contribution in [0.25, 0.3) is 0 Å². The van der Waals surface area contributed by atoms with E-state index in [-0.39, 0.29) is 17.9 Å². The van der Waals surface area contributed by atoms with E-state index < -0.39 is 12.0 Å². The van der Waals surface area contributed by atoms with E-state index in [2.05, 4.69) is 20.8 Å². The summed E-state index contributed by atoms with van der Waals surface area (Å²) in [5.41, 5.74) is 1.47. The van der Waals surface area contributed by atoms with E-state index in [1.54, 1.807) is 6.07 Å². The molecule has 0 saturated carbocycles. The van der Waals surface area contributed by atoms with Crippen LogP contribution in [0.15, 0.2) is 18.2 Å². The largest absolute Gasteiger partial charge is 0.482 e. The maximum atomic E-state index is 12.0. The number of carboxylic acids is 1. The summed E-state index contributed by atoms with van der Waals surface area (Å²) in [6.45, 7) is 7.56. The zero-order valence-corrected chi connectivity index (χ0v) is 12.1. The first-order valence-electron chi connectivity index (χ1n) is 6.54. The molecule has 0 bridgehead atoms. The summed E-state index contributed by atoms with van der Waals surface area (Å²) in [7, 11) is 0. The number of aliphatic carboxylic acids is 1. The molecular weight excluding hydrogens is 258 g/mol. The molecule has 5 nitrogen and oxygen atoms in total. The van der Waals surface area contributed by atoms with Gasteiger partial charge in [-0.25, -0.2) is 4.79 Å². The van der Waals surface area contributed by atoms with Gasteiger partial charge in [0.05, 0.1) is 5.69 Å². The minimum absolute atomic E-state index is 0.0896. The van der Waals surface area contributed by atoms with Crippen LogP contribution in [0.5, 0.6) is 5.75 Å². The smallest absolute Gasteiger partial charge is 0.326 e. The summed E-state index contributed by atoms with van der Waals surface area (Å²) in [5.74, 6) is -0.823. The number of carbonyl (C=O) groups is 2. The Morgan fingerprint density at radius 2 is 2.05 bits per heavy atom. The van der Waals surface area contributed by atoms with Gasteiger partial charge < -0.3 is 9.84 Å². The summed E-state index contributed by atoms with van der Waals surface area (Å²) in [4.78, 5) is 24.5. The average Bonchev–Trinajstić information content (AvgIpc) is 2.36. The maximum absolute atomic E-state index is 12.0. The van der Waals surface area contributed by atoms with Gasteiger partial charge in [0.2, 0.25) is 0 Å². The first kappa shape index (κ1) is 14.4. The highest BCUT2D eigenvalue weighted by Gasteiger charge is 2.33. The molecule has 0 aromatic heterocycles. The third kappa shape index (κ3) is 2.48. The Balaban J connectivity index is 2.53. The number of hydrogen-bond donors (Lipinski definition) is 1. The molecule has 1 N–H and O–H groups in total. The molecule has 0 radical (unpaired) electrons. The molecule has 1 atom stereocenters. The van der Waals surface area contributed by atoms with Crippen molar-refractivity contribution in [3.05, 3.63) is 23.8 Å². The molecule has 1 aliphatic heterocycles. The topological polar surface area (TPSA) is 66.8 Å². The van der Waals surface area contributed by atoms with Crippen molar-refractivity contribution in [3.63, 3.8) is 0 Å². The highest BCUT2D eigenvalue weighted by molar-refractivity contribution is 6.02. The number of anilines is 1. The van der Waals surface area contributed by atoms with E-state index in [9.17, 15) is 14.7 Å². The molecule has 1 unspecified atom stereocenters. The van der Waals surface area contributed by atoms with Gasteiger partial charge in [-0.3, -0.25) is 9.69 Å². The quantitative estimate of drug-likeness (QED) is 0.899. The van der Waals surface area contributed by atoms with E-state index in [4.69, 9.17) is 4.74 Å². The van der Waals surface area contributed by atoms with Crippen molar-refractivity contribution in [2.75, 3.05) is 11.5 Å². The number of benzene rings is 1. The molecule has 0 fully saturated rings. The Morgan fingerprint density at radius 1 is 1.40 bits per heavy atom. The van der Waals surface area contributed by atoms with Gasteiger partial charge in [-0.05, 0) is 30.0 Å². The predicted molar refractivity (Wildman–Crippen MR) is 75.2 cm³/mol. The first-order valence-corrected chi connectivity index (χ1v) is 6.54. The second-order valence-electron chi connectivity index (χ2n) is 6.00. The minimum Gasteiger partial charge on any atom is -0.482 e. The Labute approximate surface area is 118 Å². The second-order valence-corrected chi connectivity index (χ2v) is 6.00. The van der Waals surface area contributed by atoms with Gasteiger partial charge >= 0.3 is 5.97 Å². The Kier molecular flexibility index (Phi) is 3.46. The highest BCUT2D eigenvalue weighted by atomic mass is 16.5. The molecule has 1 aromatic rings. The second kappa shape index (κ2) is 4.81. The van der Waals surface area contributed by atoms with E-state index in [0.717, 1.165) is 5.56 Å². The fourth-order valence-electron chi connectivity index (χ4n) is 2.17. The summed E-state index contributed by atoms with van der Waals surface area (Å²) >= 11 is 0. The van der Waals surface area contributed by atoms with Gasteiger partial charge in [0.15, 0.2) is 6.61 Å². The van der Waals surface area contributed by atoms with Crippen LogP contribution in [0.3, 0.4) is 0 Å². The number of nitrogens with zero attached hydrogens (tertiary/aromatic N) is 1. The molecule has 1 heterocycles. The minimum atomic E-state index is -1.03. The number of hydrogen-bond acceptors (Lipinski definition) is 3. The van der Waals surface area contributed by atoms with Crippen LogP contribution in [0.1, 0.15) is 33.3 Å². The summed E-state index contributed by atoms with van der Waals surface area (Å²) in [5, 5.41) is 9.17. The number of ether oxygens (including phenoxy) is 1. The molecule has 5 heteroatoms. The third-order valence-electron chi connectivity index (χ3n) is 3.45. The lowest BCUT2D eigenvalue weighted by Crippen LogP contribution is -2.48. The number of carboxylic acid groups (broad SMARTS) is 1. The van der Waals surface area contributed by atoms with Gasteiger partial charge in [-0.15, -0.1) is 0 Å². The number of fused-ring (bicyclic) bond motifs is 1. The number of rotatable bonds is 2. The lowest BCUT2D eigenvalue weighted by molar-refractivity contribution is -0.140. The number of carbonyl (C=O) groups excluding carboxylic acids is 1. The zero-order valence-electron chi connectivity index (χ0n) is 12.1. The van der Waals surface area contributed by atoms with Crippen molar-refractivity contribution in [1.29, 1.82) is 0 Å². The van der Waals surface area contributed by atoms with Gasteiger partial charge in [-0.2, -0.15) is 0 Å². The Morgan fingerprint density at radius 3 is 2.60 bits per heavy atom. The molecule has 1 aliphatic rings. The number of amides is 1. The van der Waals surface area contributed by atoms with Crippen LogP contribution in [0, 0.1) is 0 Å². The SMILES string of the molecule is CC(C(=O)O)N1C(=O)COc2ccc(C(C)(C)C)cc21. The van der Waals surface area contributed by atoms with E-state index in [0.29, 0.717) is 11.4 Å².